The lowest BCUT2D eigenvalue weighted by Crippen LogP contribution is -2.09. The van der Waals surface area contributed by atoms with Gasteiger partial charge in [0, 0.05) is 22.8 Å². The van der Waals surface area contributed by atoms with E-state index < -0.39 is 0 Å². The summed E-state index contributed by atoms with van der Waals surface area (Å²) in [6, 6.07) is 29.8. The second-order valence-electron chi connectivity index (χ2n) is 5.81. The number of hydrogen-bond donors (Lipinski definition) is 0. The Bertz CT molecular complexity index is 777. The van der Waals surface area contributed by atoms with Gasteiger partial charge in [-0.1, -0.05) is 48.5 Å². The molecule has 0 bridgehead atoms. The number of para-hydroxylation sites is 2. The number of allylic oxidation sites excluding steroid dienone is 1. The summed E-state index contributed by atoms with van der Waals surface area (Å²) < 4.78 is 0. The number of nitrogens with zero attached hydrogens (tertiary/aromatic N) is 1. The zero-order chi connectivity index (χ0) is 16.2. The molecule has 24 heavy (non-hydrogen) atoms. The largest absolute Gasteiger partial charge is 0.311 e. The van der Waals surface area contributed by atoms with Gasteiger partial charge in [0.05, 0.1) is 0 Å². The Kier molecular flexibility index (Phi) is 4.39. The molecular formula is C22H19NS. The third-order valence-electron chi connectivity index (χ3n) is 4.14. The van der Waals surface area contributed by atoms with E-state index in [1.807, 2.05) is 11.8 Å². The van der Waals surface area contributed by atoms with Crippen LogP contribution in [0.25, 0.3) is 6.08 Å². The zero-order valence-corrected chi connectivity index (χ0v) is 14.2. The molecule has 0 spiro atoms. The molecular weight excluding hydrogens is 310 g/mol. The first-order valence-corrected chi connectivity index (χ1v) is 9.22. The molecule has 4 rings (SSSR count). The van der Waals surface area contributed by atoms with Gasteiger partial charge in [0.2, 0.25) is 0 Å². The van der Waals surface area contributed by atoms with Crippen LogP contribution in [-0.4, -0.2) is 5.75 Å². The van der Waals surface area contributed by atoms with E-state index in [0.717, 1.165) is 0 Å². The second-order valence-corrected chi connectivity index (χ2v) is 7.03. The Morgan fingerprint density at radius 1 is 0.667 bits per heavy atom. The highest BCUT2D eigenvalue weighted by atomic mass is 32.2. The van der Waals surface area contributed by atoms with E-state index in [2.05, 4.69) is 95.9 Å². The number of thioether (sulfide) groups is 1. The van der Waals surface area contributed by atoms with E-state index in [-0.39, 0.29) is 0 Å². The van der Waals surface area contributed by atoms with Gasteiger partial charge in [-0.15, -0.1) is 11.8 Å². The lowest BCUT2D eigenvalue weighted by molar-refractivity contribution is 1.17. The van der Waals surface area contributed by atoms with Crippen LogP contribution < -0.4 is 4.90 Å². The van der Waals surface area contributed by atoms with Gasteiger partial charge < -0.3 is 4.90 Å². The maximum Gasteiger partial charge on any atom is 0.0462 e. The monoisotopic (exact) mass is 329 g/mol. The molecule has 118 valence electrons. The van der Waals surface area contributed by atoms with Crippen molar-refractivity contribution in [3.63, 3.8) is 0 Å². The third kappa shape index (κ3) is 3.24. The van der Waals surface area contributed by atoms with Gasteiger partial charge in [0.15, 0.2) is 0 Å². The van der Waals surface area contributed by atoms with Crippen LogP contribution in [0.2, 0.25) is 0 Å². The minimum absolute atomic E-state index is 1.17. The van der Waals surface area contributed by atoms with Crippen molar-refractivity contribution in [3.05, 3.63) is 95.4 Å². The molecule has 0 unspecified atom stereocenters. The predicted octanol–water partition coefficient (Wildman–Crippen LogP) is 6.63. The molecule has 1 nitrogen and oxygen atoms in total. The standard InChI is InChI=1S/C22H19NS/c1-3-7-19(8-4-1)23(20-9-5-2-6-10-20)21-13-11-18(12-14-21)17-22-15-16-24-22/h1-14,17H,15-16H2/b22-17+. The molecule has 0 amide bonds. The first kappa shape index (κ1) is 15.1. The van der Waals surface area contributed by atoms with Crippen molar-refractivity contribution in [2.45, 2.75) is 6.42 Å². The van der Waals surface area contributed by atoms with E-state index in [0.29, 0.717) is 0 Å². The first-order valence-electron chi connectivity index (χ1n) is 8.24. The minimum Gasteiger partial charge on any atom is -0.311 e. The Balaban J connectivity index is 1.71. The molecule has 1 saturated heterocycles. The normalized spacial score (nSPS) is 15.1. The highest BCUT2D eigenvalue weighted by Gasteiger charge is 2.12. The molecule has 1 aliphatic rings. The van der Waals surface area contributed by atoms with E-state index in [9.17, 15) is 0 Å². The van der Waals surface area contributed by atoms with Crippen LogP contribution in [0, 0.1) is 0 Å². The number of benzene rings is 3. The van der Waals surface area contributed by atoms with Crippen molar-refractivity contribution in [1.82, 2.24) is 0 Å². The summed E-state index contributed by atoms with van der Waals surface area (Å²) in [5.41, 5.74) is 4.80. The van der Waals surface area contributed by atoms with Gasteiger partial charge in [-0.3, -0.25) is 0 Å². The molecule has 0 radical (unpaired) electrons. The van der Waals surface area contributed by atoms with Crippen molar-refractivity contribution in [2.75, 3.05) is 10.7 Å². The van der Waals surface area contributed by atoms with E-state index in [1.165, 1.54) is 39.7 Å². The van der Waals surface area contributed by atoms with Gasteiger partial charge in [-0.25, -0.2) is 0 Å². The van der Waals surface area contributed by atoms with Gasteiger partial charge in [0.1, 0.15) is 0 Å². The summed E-state index contributed by atoms with van der Waals surface area (Å²) in [7, 11) is 0. The molecule has 0 atom stereocenters. The first-order chi connectivity index (χ1) is 11.9. The predicted molar refractivity (Wildman–Crippen MR) is 106 cm³/mol. The van der Waals surface area contributed by atoms with Crippen LogP contribution in [0.3, 0.4) is 0 Å². The Labute approximate surface area is 147 Å². The van der Waals surface area contributed by atoms with Crippen molar-refractivity contribution < 1.29 is 0 Å². The van der Waals surface area contributed by atoms with Crippen LogP contribution in [0.5, 0.6) is 0 Å². The lowest BCUT2D eigenvalue weighted by atomic mass is 10.1. The van der Waals surface area contributed by atoms with E-state index in [1.54, 1.807) is 0 Å². The summed E-state index contributed by atoms with van der Waals surface area (Å²) in [4.78, 5) is 3.78. The maximum absolute atomic E-state index is 2.30. The summed E-state index contributed by atoms with van der Waals surface area (Å²) in [6.45, 7) is 0. The molecule has 3 aromatic carbocycles. The molecule has 0 saturated carbocycles. The molecule has 3 aromatic rings. The van der Waals surface area contributed by atoms with Gasteiger partial charge >= 0.3 is 0 Å². The molecule has 1 fully saturated rings. The minimum atomic E-state index is 1.17. The van der Waals surface area contributed by atoms with Crippen LogP contribution in [0.4, 0.5) is 17.1 Å². The SMILES string of the molecule is C(=C1/CCS1)/c1ccc(N(c2ccccc2)c2ccccc2)cc1. The quantitative estimate of drug-likeness (QED) is 0.528. The van der Waals surface area contributed by atoms with Crippen LogP contribution >= 0.6 is 11.8 Å². The lowest BCUT2D eigenvalue weighted by Gasteiger charge is -2.25. The Hall–Kier alpha value is -2.45. The highest BCUT2D eigenvalue weighted by molar-refractivity contribution is 8.04. The molecule has 0 N–H and O–H groups in total. The van der Waals surface area contributed by atoms with Gasteiger partial charge in [0.25, 0.3) is 0 Å². The van der Waals surface area contributed by atoms with Crippen LogP contribution in [0.1, 0.15) is 12.0 Å². The van der Waals surface area contributed by atoms with E-state index >= 15 is 0 Å². The van der Waals surface area contributed by atoms with Crippen LogP contribution in [-0.2, 0) is 0 Å². The smallest absolute Gasteiger partial charge is 0.0462 e. The van der Waals surface area contributed by atoms with E-state index in [4.69, 9.17) is 0 Å². The second kappa shape index (κ2) is 6.98. The number of hydrogen-bond acceptors (Lipinski definition) is 2. The van der Waals surface area contributed by atoms with Gasteiger partial charge in [-0.05, 0) is 59.4 Å². The average Bonchev–Trinajstić information content (AvgIpc) is 2.62. The fraction of sp³-hybridized carbons (Fsp3) is 0.0909. The molecule has 0 aromatic heterocycles. The molecule has 0 aliphatic carbocycles. The van der Waals surface area contributed by atoms with Crippen molar-refractivity contribution >= 4 is 34.9 Å². The maximum atomic E-state index is 2.30. The highest BCUT2D eigenvalue weighted by Crippen LogP contribution is 2.36. The number of anilines is 3. The Morgan fingerprint density at radius 2 is 1.17 bits per heavy atom. The fourth-order valence-electron chi connectivity index (χ4n) is 2.84. The summed E-state index contributed by atoms with van der Waals surface area (Å²) in [5.74, 6) is 1.26. The fourth-order valence-corrected chi connectivity index (χ4v) is 3.50. The van der Waals surface area contributed by atoms with Crippen molar-refractivity contribution in [2.24, 2.45) is 0 Å². The topological polar surface area (TPSA) is 3.24 Å². The van der Waals surface area contributed by atoms with Crippen molar-refractivity contribution in [3.8, 4) is 0 Å². The van der Waals surface area contributed by atoms with Gasteiger partial charge in [-0.2, -0.15) is 0 Å². The summed E-state index contributed by atoms with van der Waals surface area (Å²) in [6.07, 6.45) is 3.53. The average molecular weight is 329 g/mol. The summed E-state index contributed by atoms with van der Waals surface area (Å²) in [5, 5.41) is 0. The molecule has 1 aliphatic heterocycles. The number of rotatable bonds is 4. The summed E-state index contributed by atoms with van der Waals surface area (Å²) >= 11 is 1.96. The van der Waals surface area contributed by atoms with Crippen molar-refractivity contribution in [1.29, 1.82) is 0 Å². The zero-order valence-electron chi connectivity index (χ0n) is 13.4. The third-order valence-corrected chi connectivity index (χ3v) is 5.24. The molecule has 2 heteroatoms. The van der Waals surface area contributed by atoms with Crippen LogP contribution in [0.15, 0.2) is 89.8 Å². The molecule has 1 heterocycles. The Morgan fingerprint density at radius 3 is 1.62 bits per heavy atom.